The van der Waals surface area contributed by atoms with Crippen LogP contribution < -0.4 is 11.2 Å². The Morgan fingerprint density at radius 1 is 1.71 bits per heavy atom. The third-order valence-electron chi connectivity index (χ3n) is 1.61. The summed E-state index contributed by atoms with van der Waals surface area (Å²) in [7, 11) is 0. The van der Waals surface area contributed by atoms with Gasteiger partial charge in [0.05, 0.1) is 12.5 Å². The molecule has 0 spiro atoms. The van der Waals surface area contributed by atoms with Crippen molar-refractivity contribution in [2.45, 2.75) is 20.8 Å². The van der Waals surface area contributed by atoms with Gasteiger partial charge < -0.3 is 10.5 Å². The molecule has 0 unspecified atom stereocenters. The topological polar surface area (TPSA) is 76.7 Å². The van der Waals surface area contributed by atoms with Gasteiger partial charge in [-0.1, -0.05) is 0 Å². The summed E-state index contributed by atoms with van der Waals surface area (Å²) in [5.74, 6) is -0.699. The zero-order valence-corrected chi connectivity index (χ0v) is 9.35. The number of esters is 1. The summed E-state index contributed by atoms with van der Waals surface area (Å²) >= 11 is 4.56. The van der Waals surface area contributed by atoms with Gasteiger partial charge in [-0.15, -0.1) is 0 Å². The van der Waals surface area contributed by atoms with Crippen LogP contribution in [-0.2, 0) is 9.53 Å². The van der Waals surface area contributed by atoms with E-state index in [1.54, 1.807) is 20.8 Å². The number of ether oxygens (including phenoxy) is 1. The fraction of sp³-hybridized carbons (Fsp3) is 0.625. The summed E-state index contributed by atoms with van der Waals surface area (Å²) in [5, 5.41) is 3.90. The maximum atomic E-state index is 11.2. The normalized spacial score (nSPS) is 13.2. The van der Waals surface area contributed by atoms with Crippen molar-refractivity contribution >= 4 is 29.0 Å². The number of hydrazone groups is 1. The Morgan fingerprint density at radius 3 is 2.71 bits per heavy atom. The van der Waals surface area contributed by atoms with Crippen molar-refractivity contribution in [3.63, 3.8) is 0 Å². The number of hydrogen-bond donors (Lipinski definition) is 2. The molecule has 14 heavy (non-hydrogen) atoms. The minimum Gasteiger partial charge on any atom is -0.465 e. The quantitative estimate of drug-likeness (QED) is 0.308. The summed E-state index contributed by atoms with van der Waals surface area (Å²) in [6.45, 7) is 5.52. The molecule has 3 N–H and O–H groups in total. The van der Waals surface area contributed by atoms with Crippen molar-refractivity contribution in [2.24, 2.45) is 16.8 Å². The minimum atomic E-state index is -0.392. The second-order valence-corrected chi connectivity index (χ2v) is 3.14. The molecule has 0 amide bonds. The van der Waals surface area contributed by atoms with E-state index in [-0.39, 0.29) is 11.1 Å². The highest BCUT2D eigenvalue weighted by molar-refractivity contribution is 7.80. The van der Waals surface area contributed by atoms with Crippen molar-refractivity contribution in [1.29, 1.82) is 0 Å². The Bertz CT molecular complexity index is 253. The predicted molar refractivity (Wildman–Crippen MR) is 58.8 cm³/mol. The van der Waals surface area contributed by atoms with Gasteiger partial charge in [0.15, 0.2) is 5.11 Å². The van der Waals surface area contributed by atoms with E-state index in [9.17, 15) is 4.79 Å². The van der Waals surface area contributed by atoms with Gasteiger partial charge in [0.25, 0.3) is 0 Å². The lowest BCUT2D eigenvalue weighted by molar-refractivity contribution is -0.145. The number of hydrogen-bond acceptors (Lipinski definition) is 4. The Kier molecular flexibility index (Phi) is 5.78. The molecule has 6 heteroatoms. The van der Waals surface area contributed by atoms with E-state index in [0.29, 0.717) is 12.3 Å². The molecule has 0 aliphatic rings. The zero-order valence-electron chi connectivity index (χ0n) is 8.53. The van der Waals surface area contributed by atoms with Gasteiger partial charge >= 0.3 is 5.97 Å². The van der Waals surface area contributed by atoms with Crippen molar-refractivity contribution in [3.8, 4) is 0 Å². The average Bonchev–Trinajstić information content (AvgIpc) is 2.13. The molecule has 0 heterocycles. The Hall–Kier alpha value is -1.17. The second kappa shape index (κ2) is 6.31. The van der Waals surface area contributed by atoms with E-state index in [1.807, 2.05) is 0 Å². The van der Waals surface area contributed by atoms with Gasteiger partial charge in [-0.2, -0.15) is 5.10 Å². The van der Waals surface area contributed by atoms with Crippen molar-refractivity contribution in [3.05, 3.63) is 0 Å². The lowest BCUT2D eigenvalue weighted by Gasteiger charge is -2.09. The third kappa shape index (κ3) is 4.76. The van der Waals surface area contributed by atoms with Crippen LogP contribution in [0.4, 0.5) is 0 Å². The summed E-state index contributed by atoms with van der Waals surface area (Å²) in [6, 6.07) is 0. The molecular weight excluding hydrogens is 202 g/mol. The lowest BCUT2D eigenvalue weighted by Crippen LogP contribution is -2.28. The van der Waals surface area contributed by atoms with E-state index < -0.39 is 5.92 Å². The largest absolute Gasteiger partial charge is 0.465 e. The van der Waals surface area contributed by atoms with Crippen LogP contribution in [0.5, 0.6) is 0 Å². The number of rotatable bonds is 4. The summed E-state index contributed by atoms with van der Waals surface area (Å²) in [4.78, 5) is 11.2. The molecule has 80 valence electrons. The molecule has 0 aromatic heterocycles. The molecule has 0 aliphatic carbocycles. The van der Waals surface area contributed by atoms with Crippen LogP contribution in [0.15, 0.2) is 5.10 Å². The number of nitrogens with one attached hydrogen (secondary N) is 1. The van der Waals surface area contributed by atoms with Crippen LogP contribution in [0.3, 0.4) is 0 Å². The van der Waals surface area contributed by atoms with Gasteiger partial charge in [0.1, 0.15) is 0 Å². The molecule has 0 aromatic carbocycles. The molecule has 0 aromatic rings. The molecule has 0 fully saturated rings. The molecule has 1 atom stereocenters. The monoisotopic (exact) mass is 217 g/mol. The minimum absolute atomic E-state index is 0.0698. The first-order valence-electron chi connectivity index (χ1n) is 4.25. The Morgan fingerprint density at radius 2 is 2.29 bits per heavy atom. The van der Waals surface area contributed by atoms with Gasteiger partial charge in [0.2, 0.25) is 0 Å². The maximum Gasteiger partial charge on any atom is 0.314 e. The first-order chi connectivity index (χ1) is 6.49. The van der Waals surface area contributed by atoms with E-state index in [0.717, 1.165) is 0 Å². The van der Waals surface area contributed by atoms with Crippen molar-refractivity contribution < 1.29 is 9.53 Å². The van der Waals surface area contributed by atoms with Gasteiger partial charge in [-0.25, -0.2) is 0 Å². The van der Waals surface area contributed by atoms with Gasteiger partial charge in [0, 0.05) is 5.71 Å². The van der Waals surface area contributed by atoms with Crippen molar-refractivity contribution in [1.82, 2.24) is 5.43 Å². The Balaban J connectivity index is 4.22. The smallest absolute Gasteiger partial charge is 0.314 e. The van der Waals surface area contributed by atoms with Crippen molar-refractivity contribution in [2.75, 3.05) is 6.61 Å². The summed E-state index contributed by atoms with van der Waals surface area (Å²) in [6.07, 6.45) is 0. The van der Waals surface area contributed by atoms with Crippen LogP contribution >= 0.6 is 12.2 Å². The van der Waals surface area contributed by atoms with E-state index in [4.69, 9.17) is 10.5 Å². The van der Waals surface area contributed by atoms with E-state index in [2.05, 4.69) is 22.7 Å². The highest BCUT2D eigenvalue weighted by Crippen LogP contribution is 2.01. The fourth-order valence-electron chi connectivity index (χ4n) is 0.678. The van der Waals surface area contributed by atoms with E-state index >= 15 is 0 Å². The highest BCUT2D eigenvalue weighted by atomic mass is 32.1. The molecule has 5 nitrogen and oxygen atoms in total. The predicted octanol–water partition coefficient (Wildman–Crippen LogP) is 0.395. The highest BCUT2D eigenvalue weighted by Gasteiger charge is 2.16. The van der Waals surface area contributed by atoms with Crippen LogP contribution in [0, 0.1) is 5.92 Å². The Labute approximate surface area is 88.7 Å². The van der Waals surface area contributed by atoms with Crippen LogP contribution in [0.25, 0.3) is 0 Å². The standard InChI is InChI=1S/C8H15N3O2S/c1-4-13-7(12)5(2)6(3)10-11-8(9)14/h5H,4H2,1-3H3,(H3,9,11,14)/b10-6-/t5-/m1/s1. The van der Waals surface area contributed by atoms with Gasteiger partial charge in [-0.3, -0.25) is 10.2 Å². The number of carbonyl (C=O) groups excluding carboxylic acids is 1. The first kappa shape index (κ1) is 12.8. The molecule has 0 saturated carbocycles. The molecule has 0 radical (unpaired) electrons. The molecule has 0 rings (SSSR count). The van der Waals surface area contributed by atoms with Gasteiger partial charge in [-0.05, 0) is 33.0 Å². The second-order valence-electron chi connectivity index (χ2n) is 2.70. The number of nitrogens with two attached hydrogens (primary N) is 1. The fourth-order valence-corrected chi connectivity index (χ4v) is 0.724. The lowest BCUT2D eigenvalue weighted by atomic mass is 10.1. The molecular formula is C8H15N3O2S. The molecule has 0 saturated heterocycles. The van der Waals surface area contributed by atoms with Crippen LogP contribution in [0.2, 0.25) is 0 Å². The zero-order chi connectivity index (χ0) is 11.1. The molecule has 0 aliphatic heterocycles. The summed E-state index contributed by atoms with van der Waals surface area (Å²) in [5.41, 5.74) is 8.17. The number of carbonyl (C=O) groups is 1. The van der Waals surface area contributed by atoms with Crippen LogP contribution in [-0.4, -0.2) is 23.4 Å². The number of nitrogens with zero attached hydrogens (tertiary/aromatic N) is 1. The molecule has 0 bridgehead atoms. The number of thiocarbonyl (C=S) groups is 1. The average molecular weight is 217 g/mol. The first-order valence-corrected chi connectivity index (χ1v) is 4.66. The summed E-state index contributed by atoms with van der Waals surface area (Å²) < 4.78 is 4.82. The van der Waals surface area contributed by atoms with Crippen LogP contribution in [0.1, 0.15) is 20.8 Å². The van der Waals surface area contributed by atoms with E-state index in [1.165, 1.54) is 0 Å². The third-order valence-corrected chi connectivity index (χ3v) is 1.70. The SMILES string of the molecule is CCOC(=O)[C@H](C)/C(C)=N\NC(N)=S. The maximum absolute atomic E-state index is 11.2.